The second-order valence-electron chi connectivity index (χ2n) is 2.38. The van der Waals surface area contributed by atoms with Crippen LogP contribution in [0.3, 0.4) is 0 Å². The van der Waals surface area contributed by atoms with Crippen LogP contribution in [0.5, 0.6) is 5.75 Å². The van der Waals surface area contributed by atoms with E-state index in [9.17, 15) is 4.39 Å². The van der Waals surface area contributed by atoms with Crippen LogP contribution in [0.25, 0.3) is 0 Å². The molecule has 0 aliphatic rings. The maximum atomic E-state index is 12.9. The smallest absolute Gasteiger partial charge is 0.149 e. The van der Waals surface area contributed by atoms with Crippen LogP contribution in [0.1, 0.15) is 0 Å². The summed E-state index contributed by atoms with van der Waals surface area (Å²) in [6.07, 6.45) is 0. The third kappa shape index (κ3) is 2.47. The fourth-order valence-corrected chi connectivity index (χ4v) is 1.04. The summed E-state index contributed by atoms with van der Waals surface area (Å²) in [7, 11) is 0. The molecule has 0 saturated heterocycles. The van der Waals surface area contributed by atoms with Crippen LogP contribution < -0.4 is 10.5 Å². The second kappa shape index (κ2) is 4.30. The first-order chi connectivity index (χ1) is 6.15. The molecule has 0 heterocycles. The lowest BCUT2D eigenvalue weighted by Gasteiger charge is -2.07. The van der Waals surface area contributed by atoms with Crippen LogP contribution in [0.15, 0.2) is 12.1 Å². The summed E-state index contributed by atoms with van der Waals surface area (Å²) in [4.78, 5) is 0. The summed E-state index contributed by atoms with van der Waals surface area (Å²) in [6, 6.07) is 2.36. The Bertz CT molecular complexity index is 306. The van der Waals surface area contributed by atoms with E-state index in [4.69, 9.17) is 27.2 Å². The summed E-state index contributed by atoms with van der Waals surface area (Å²) in [5.41, 5.74) is 5.23. The number of nitrogens with two attached hydrogens (primary N) is 1. The van der Waals surface area contributed by atoms with Crippen LogP contribution in [0.2, 0.25) is 5.02 Å². The van der Waals surface area contributed by atoms with Gasteiger partial charge in [-0.05, 0) is 6.07 Å². The molecule has 1 rings (SSSR count). The van der Waals surface area contributed by atoms with Gasteiger partial charge in [0.2, 0.25) is 0 Å². The highest BCUT2D eigenvalue weighted by atomic mass is 35.5. The van der Waals surface area contributed by atoms with Crippen LogP contribution in [-0.2, 0) is 0 Å². The third-order valence-electron chi connectivity index (χ3n) is 1.40. The lowest BCUT2D eigenvalue weighted by atomic mass is 10.3. The average Bonchev–Trinajstić information content (AvgIpc) is 2.09. The number of anilines is 1. The Kier molecular flexibility index (Phi) is 3.33. The van der Waals surface area contributed by atoms with Gasteiger partial charge in [-0.1, -0.05) is 11.6 Å². The van der Waals surface area contributed by atoms with Gasteiger partial charge in [0.05, 0.1) is 17.3 Å². The molecule has 72 valence electrons. The number of nitrogen functional groups attached to an aromatic ring is 1. The van der Waals surface area contributed by atoms with E-state index < -0.39 is 5.82 Å². The Morgan fingerprint density at radius 3 is 2.85 bits per heavy atom. The number of benzene rings is 1. The molecule has 0 radical (unpaired) electrons. The minimum Gasteiger partial charge on any atom is -0.490 e. The first-order valence-electron chi connectivity index (χ1n) is 3.63. The molecule has 0 atom stereocenters. The van der Waals surface area contributed by atoms with Gasteiger partial charge in [0.15, 0.2) is 0 Å². The Morgan fingerprint density at radius 1 is 1.54 bits per heavy atom. The zero-order valence-electron chi connectivity index (χ0n) is 6.76. The molecule has 13 heavy (non-hydrogen) atoms. The van der Waals surface area contributed by atoms with Gasteiger partial charge in [-0.3, -0.25) is 0 Å². The first-order valence-corrected chi connectivity index (χ1v) is 4.01. The lowest BCUT2D eigenvalue weighted by Crippen LogP contribution is -2.03. The van der Waals surface area contributed by atoms with Crippen molar-refractivity contribution in [3.05, 3.63) is 23.0 Å². The number of halogens is 2. The van der Waals surface area contributed by atoms with Crippen LogP contribution in [0, 0.1) is 5.82 Å². The summed E-state index contributed by atoms with van der Waals surface area (Å²) < 4.78 is 17.8. The van der Waals surface area contributed by atoms with E-state index in [2.05, 4.69) is 0 Å². The van der Waals surface area contributed by atoms with Gasteiger partial charge in [0.1, 0.15) is 18.2 Å². The van der Waals surface area contributed by atoms with Gasteiger partial charge in [0.25, 0.3) is 0 Å². The van der Waals surface area contributed by atoms with Gasteiger partial charge in [-0.15, -0.1) is 0 Å². The highest BCUT2D eigenvalue weighted by Crippen LogP contribution is 2.28. The molecule has 1 aromatic carbocycles. The van der Waals surface area contributed by atoms with E-state index in [-0.39, 0.29) is 29.7 Å². The zero-order valence-corrected chi connectivity index (χ0v) is 7.51. The van der Waals surface area contributed by atoms with Gasteiger partial charge >= 0.3 is 0 Å². The minimum atomic E-state index is -0.586. The average molecular weight is 206 g/mol. The van der Waals surface area contributed by atoms with E-state index in [0.29, 0.717) is 0 Å². The molecule has 3 N–H and O–H groups in total. The van der Waals surface area contributed by atoms with Crippen molar-refractivity contribution in [2.24, 2.45) is 0 Å². The van der Waals surface area contributed by atoms with Crippen molar-refractivity contribution in [1.82, 2.24) is 0 Å². The quantitative estimate of drug-likeness (QED) is 0.734. The summed E-state index contributed by atoms with van der Waals surface area (Å²) in [6.45, 7) is -0.0780. The zero-order chi connectivity index (χ0) is 9.84. The largest absolute Gasteiger partial charge is 0.490 e. The van der Waals surface area contributed by atoms with E-state index >= 15 is 0 Å². The molecule has 0 bridgehead atoms. The van der Waals surface area contributed by atoms with Gasteiger partial charge in [-0.2, -0.15) is 0 Å². The molecule has 3 nitrogen and oxygen atoms in total. The Balaban J connectivity index is 2.88. The molecule has 0 saturated carbocycles. The number of hydrogen-bond acceptors (Lipinski definition) is 3. The number of aliphatic hydroxyl groups is 1. The third-order valence-corrected chi connectivity index (χ3v) is 1.70. The van der Waals surface area contributed by atoms with Crippen molar-refractivity contribution in [1.29, 1.82) is 0 Å². The molecule has 0 aliphatic carbocycles. The predicted molar refractivity (Wildman–Crippen MR) is 48.4 cm³/mol. The minimum absolute atomic E-state index is 0.0265. The van der Waals surface area contributed by atoms with E-state index in [1.54, 1.807) is 0 Å². The summed E-state index contributed by atoms with van der Waals surface area (Å²) >= 11 is 5.68. The van der Waals surface area contributed by atoms with Crippen LogP contribution in [-0.4, -0.2) is 18.3 Å². The summed E-state index contributed by atoms with van der Waals surface area (Å²) in [5.74, 6) is -0.403. The Hall–Kier alpha value is -1.00. The van der Waals surface area contributed by atoms with Gasteiger partial charge in [-0.25, -0.2) is 4.39 Å². The van der Waals surface area contributed by atoms with E-state index in [1.165, 1.54) is 6.07 Å². The normalized spacial score (nSPS) is 10.1. The molecule has 0 amide bonds. The SMILES string of the molecule is Nc1cc(Cl)c(OCCO)cc1F. The maximum absolute atomic E-state index is 12.9. The monoisotopic (exact) mass is 205 g/mol. The van der Waals surface area contributed by atoms with E-state index in [0.717, 1.165) is 6.07 Å². The lowest BCUT2D eigenvalue weighted by molar-refractivity contribution is 0.201. The van der Waals surface area contributed by atoms with Crippen molar-refractivity contribution in [3.8, 4) is 5.75 Å². The fraction of sp³-hybridized carbons (Fsp3) is 0.250. The number of ether oxygens (including phenoxy) is 1. The topological polar surface area (TPSA) is 55.5 Å². The number of aliphatic hydroxyl groups excluding tert-OH is 1. The van der Waals surface area contributed by atoms with Gasteiger partial charge < -0.3 is 15.6 Å². The molecular formula is C8H9ClFNO2. The van der Waals surface area contributed by atoms with Crippen molar-refractivity contribution in [3.63, 3.8) is 0 Å². The van der Waals surface area contributed by atoms with E-state index in [1.807, 2.05) is 0 Å². The maximum Gasteiger partial charge on any atom is 0.149 e. The van der Waals surface area contributed by atoms with Crippen molar-refractivity contribution >= 4 is 17.3 Å². The standard InChI is InChI=1S/C8H9ClFNO2/c9-5-3-7(11)6(10)4-8(5)13-2-1-12/h3-4,12H,1-2,11H2. The molecule has 0 unspecified atom stereocenters. The highest BCUT2D eigenvalue weighted by Gasteiger charge is 2.06. The molecule has 0 spiro atoms. The number of hydrogen-bond donors (Lipinski definition) is 2. The van der Waals surface area contributed by atoms with Crippen molar-refractivity contribution in [2.45, 2.75) is 0 Å². The fourth-order valence-electron chi connectivity index (χ4n) is 0.810. The molecular weight excluding hydrogens is 197 g/mol. The first kappa shape index (κ1) is 10.1. The highest BCUT2D eigenvalue weighted by molar-refractivity contribution is 6.32. The van der Waals surface area contributed by atoms with Crippen molar-refractivity contribution in [2.75, 3.05) is 18.9 Å². The molecule has 0 aliphatic heterocycles. The van der Waals surface area contributed by atoms with Gasteiger partial charge in [0, 0.05) is 6.07 Å². The molecule has 0 aromatic heterocycles. The van der Waals surface area contributed by atoms with Crippen molar-refractivity contribution < 1.29 is 14.2 Å². The Labute approximate surface area is 79.9 Å². The van der Waals surface area contributed by atoms with Crippen LogP contribution >= 0.6 is 11.6 Å². The molecule has 0 fully saturated rings. The molecule has 1 aromatic rings. The molecule has 5 heteroatoms. The summed E-state index contributed by atoms with van der Waals surface area (Å²) in [5, 5.41) is 8.68. The van der Waals surface area contributed by atoms with Crippen LogP contribution in [0.4, 0.5) is 10.1 Å². The number of rotatable bonds is 3. The predicted octanol–water partition coefficient (Wildman–Crippen LogP) is 1.43. The Morgan fingerprint density at radius 2 is 2.23 bits per heavy atom. The second-order valence-corrected chi connectivity index (χ2v) is 2.78.